The number of hydrogen-bond donors (Lipinski definition) is 2. The van der Waals surface area contributed by atoms with Crippen molar-refractivity contribution in [2.75, 3.05) is 11.9 Å². The Hall–Kier alpha value is -1.93. The molecule has 0 unspecified atom stereocenters. The molecule has 0 aromatic heterocycles. The zero-order chi connectivity index (χ0) is 18.0. The highest BCUT2D eigenvalue weighted by Crippen LogP contribution is 2.29. The number of rotatable bonds is 4. The number of nitrogens with zero attached hydrogens (tertiary/aromatic N) is 1. The molecule has 136 valence electrons. The number of nitrogens with one attached hydrogen (secondary N) is 1. The van der Waals surface area contributed by atoms with Gasteiger partial charge in [-0.25, -0.2) is 13.6 Å². The highest BCUT2D eigenvalue weighted by atomic mass is 32.2. The van der Waals surface area contributed by atoms with Gasteiger partial charge in [0.1, 0.15) is 0 Å². The highest BCUT2D eigenvalue weighted by molar-refractivity contribution is 7.89. The number of anilines is 1. The first kappa shape index (κ1) is 17.9. The first-order valence-corrected chi connectivity index (χ1v) is 10.1. The molecule has 0 bridgehead atoms. The minimum absolute atomic E-state index is 0.00924. The summed E-state index contributed by atoms with van der Waals surface area (Å²) in [5.41, 5.74) is 0.487. The maximum atomic E-state index is 12.4. The molecule has 1 aromatic rings. The van der Waals surface area contributed by atoms with Crippen molar-refractivity contribution < 1.29 is 18.0 Å². The van der Waals surface area contributed by atoms with E-state index in [4.69, 9.17) is 5.14 Å². The molecule has 1 saturated heterocycles. The number of carbonyl (C=O) groups excluding carboxylic acids is 2. The van der Waals surface area contributed by atoms with Crippen LogP contribution < -0.4 is 10.5 Å². The van der Waals surface area contributed by atoms with Crippen LogP contribution in [0.5, 0.6) is 0 Å². The summed E-state index contributed by atoms with van der Waals surface area (Å²) in [5, 5.41) is 7.80. The van der Waals surface area contributed by atoms with Crippen molar-refractivity contribution in [3.63, 3.8) is 0 Å². The predicted octanol–water partition coefficient (Wildman–Crippen LogP) is 1.45. The van der Waals surface area contributed by atoms with Crippen LogP contribution in [0.3, 0.4) is 0 Å². The van der Waals surface area contributed by atoms with Gasteiger partial charge in [-0.2, -0.15) is 0 Å². The Morgan fingerprint density at radius 3 is 2.36 bits per heavy atom. The first-order chi connectivity index (χ1) is 11.8. The fourth-order valence-electron chi connectivity index (χ4n) is 3.63. The molecule has 2 fully saturated rings. The van der Waals surface area contributed by atoms with Crippen LogP contribution in [0.4, 0.5) is 5.69 Å². The van der Waals surface area contributed by atoms with Gasteiger partial charge < -0.3 is 10.2 Å². The molecule has 3 N–H and O–H groups in total. The summed E-state index contributed by atoms with van der Waals surface area (Å²) < 4.78 is 22.5. The second-order valence-corrected chi connectivity index (χ2v) is 8.36. The van der Waals surface area contributed by atoms with Crippen molar-refractivity contribution in [3.05, 3.63) is 24.3 Å². The summed E-state index contributed by atoms with van der Waals surface area (Å²) in [4.78, 5) is 26.6. The molecule has 1 aliphatic heterocycles. The van der Waals surface area contributed by atoms with Gasteiger partial charge in [-0.15, -0.1) is 0 Å². The van der Waals surface area contributed by atoms with E-state index in [1.807, 2.05) is 4.90 Å². The lowest BCUT2D eigenvalue weighted by atomic mass is 9.94. The van der Waals surface area contributed by atoms with E-state index in [-0.39, 0.29) is 35.1 Å². The highest BCUT2D eigenvalue weighted by Gasteiger charge is 2.38. The van der Waals surface area contributed by atoms with E-state index in [1.165, 1.54) is 30.7 Å². The van der Waals surface area contributed by atoms with Crippen LogP contribution in [0.25, 0.3) is 0 Å². The third-order valence-electron chi connectivity index (χ3n) is 5.00. The number of hydrogen-bond acceptors (Lipinski definition) is 4. The van der Waals surface area contributed by atoms with E-state index >= 15 is 0 Å². The molecule has 1 atom stereocenters. The molecule has 1 heterocycles. The van der Waals surface area contributed by atoms with E-state index in [1.54, 1.807) is 0 Å². The lowest BCUT2D eigenvalue weighted by Crippen LogP contribution is -2.38. The summed E-state index contributed by atoms with van der Waals surface area (Å²) in [6, 6.07) is 5.95. The van der Waals surface area contributed by atoms with Crippen molar-refractivity contribution in [1.29, 1.82) is 0 Å². The van der Waals surface area contributed by atoms with Crippen molar-refractivity contribution in [2.45, 2.75) is 49.5 Å². The first-order valence-electron chi connectivity index (χ1n) is 8.58. The van der Waals surface area contributed by atoms with E-state index in [0.717, 1.165) is 25.7 Å². The van der Waals surface area contributed by atoms with Crippen LogP contribution in [0.15, 0.2) is 29.2 Å². The largest absolute Gasteiger partial charge is 0.339 e. The molecule has 3 rings (SSSR count). The quantitative estimate of drug-likeness (QED) is 0.841. The van der Waals surface area contributed by atoms with E-state index in [0.29, 0.717) is 12.2 Å². The SMILES string of the molecule is NS(=O)(=O)c1ccc(NC(=O)[C@H]2CC(=O)N(C3CCCCC3)C2)cc1. The lowest BCUT2D eigenvalue weighted by molar-refractivity contribution is -0.130. The topological polar surface area (TPSA) is 110 Å². The minimum atomic E-state index is -3.75. The fraction of sp³-hybridized carbons (Fsp3) is 0.529. The molecular weight excluding hydrogens is 342 g/mol. The number of carbonyl (C=O) groups is 2. The molecule has 1 aliphatic carbocycles. The summed E-state index contributed by atoms with van der Waals surface area (Å²) in [6.45, 7) is 0.463. The average Bonchev–Trinajstić information content (AvgIpc) is 2.97. The van der Waals surface area contributed by atoms with Gasteiger partial charge in [-0.05, 0) is 37.1 Å². The molecule has 1 aromatic carbocycles. The maximum absolute atomic E-state index is 12.4. The molecule has 8 heteroatoms. The molecule has 0 radical (unpaired) electrons. The van der Waals surface area contributed by atoms with E-state index in [2.05, 4.69) is 5.32 Å². The Labute approximate surface area is 147 Å². The number of benzene rings is 1. The van der Waals surface area contributed by atoms with Crippen molar-refractivity contribution in [2.24, 2.45) is 11.1 Å². The van der Waals surface area contributed by atoms with Gasteiger partial charge in [0, 0.05) is 24.7 Å². The zero-order valence-electron chi connectivity index (χ0n) is 14.0. The minimum Gasteiger partial charge on any atom is -0.339 e. The predicted molar refractivity (Wildman–Crippen MR) is 93.1 cm³/mol. The van der Waals surface area contributed by atoms with Gasteiger partial charge in [0.15, 0.2) is 0 Å². The van der Waals surface area contributed by atoms with Gasteiger partial charge in [0.2, 0.25) is 21.8 Å². The molecule has 2 amide bonds. The standard InChI is InChI=1S/C17H23N3O4S/c18-25(23,24)15-8-6-13(7-9-15)19-17(22)12-10-16(21)20(11-12)14-4-2-1-3-5-14/h6-9,12,14H,1-5,10-11H2,(H,19,22)(H2,18,23,24)/t12-/m0/s1. The normalized spacial score (nSPS) is 22.2. The second-order valence-electron chi connectivity index (χ2n) is 6.80. The van der Waals surface area contributed by atoms with Gasteiger partial charge in [-0.3, -0.25) is 9.59 Å². The van der Waals surface area contributed by atoms with E-state index in [9.17, 15) is 18.0 Å². The third kappa shape index (κ3) is 4.19. The molecular formula is C17H23N3O4S. The van der Waals surface area contributed by atoms with Gasteiger partial charge >= 0.3 is 0 Å². The number of amides is 2. The van der Waals surface area contributed by atoms with Crippen molar-refractivity contribution >= 4 is 27.5 Å². The fourth-order valence-corrected chi connectivity index (χ4v) is 4.14. The van der Waals surface area contributed by atoms with Crippen LogP contribution in [0.1, 0.15) is 38.5 Å². The summed E-state index contributed by atoms with van der Waals surface area (Å²) >= 11 is 0. The van der Waals surface area contributed by atoms with Crippen LogP contribution >= 0.6 is 0 Å². The van der Waals surface area contributed by atoms with Crippen LogP contribution in [-0.4, -0.2) is 37.7 Å². The third-order valence-corrected chi connectivity index (χ3v) is 5.92. The van der Waals surface area contributed by atoms with Crippen molar-refractivity contribution in [1.82, 2.24) is 4.90 Å². The number of primary sulfonamides is 1. The molecule has 1 saturated carbocycles. The molecule has 0 spiro atoms. The van der Waals surface area contributed by atoms with Gasteiger partial charge in [-0.1, -0.05) is 19.3 Å². The monoisotopic (exact) mass is 365 g/mol. The average molecular weight is 365 g/mol. The zero-order valence-corrected chi connectivity index (χ0v) is 14.8. The Bertz CT molecular complexity index is 755. The molecule has 25 heavy (non-hydrogen) atoms. The second kappa shape index (κ2) is 7.13. The number of sulfonamides is 1. The smallest absolute Gasteiger partial charge is 0.238 e. The Kier molecular flexibility index (Phi) is 5.10. The van der Waals surface area contributed by atoms with Gasteiger partial charge in [0.05, 0.1) is 10.8 Å². The van der Waals surface area contributed by atoms with Gasteiger partial charge in [0.25, 0.3) is 0 Å². The Balaban J connectivity index is 1.61. The summed E-state index contributed by atoms with van der Waals surface area (Å²) in [7, 11) is -3.75. The van der Waals surface area contributed by atoms with Crippen molar-refractivity contribution in [3.8, 4) is 0 Å². The number of nitrogens with two attached hydrogens (primary N) is 1. The summed E-state index contributed by atoms with van der Waals surface area (Å²) in [6.07, 6.45) is 5.78. The van der Waals surface area contributed by atoms with E-state index < -0.39 is 10.0 Å². The molecule has 2 aliphatic rings. The lowest BCUT2D eigenvalue weighted by Gasteiger charge is -2.31. The molecule has 7 nitrogen and oxygen atoms in total. The summed E-state index contributed by atoms with van der Waals surface area (Å²) in [5.74, 6) is -0.529. The Morgan fingerprint density at radius 1 is 1.12 bits per heavy atom. The number of likely N-dealkylation sites (tertiary alicyclic amines) is 1. The maximum Gasteiger partial charge on any atom is 0.238 e. The van der Waals surface area contributed by atoms with Crippen LogP contribution in [-0.2, 0) is 19.6 Å². The van der Waals surface area contributed by atoms with Crippen LogP contribution in [0.2, 0.25) is 0 Å². The Morgan fingerprint density at radius 2 is 1.76 bits per heavy atom. The van der Waals surface area contributed by atoms with Crippen LogP contribution in [0, 0.1) is 5.92 Å².